The van der Waals surface area contributed by atoms with E-state index in [1.165, 1.54) is 24.3 Å². The lowest BCUT2D eigenvalue weighted by Crippen LogP contribution is -2.43. The Labute approximate surface area is 129 Å². The summed E-state index contributed by atoms with van der Waals surface area (Å²) >= 11 is 0. The Kier molecular flexibility index (Phi) is 6.11. The first kappa shape index (κ1) is 18.5. The number of halogens is 3. The van der Waals surface area contributed by atoms with Gasteiger partial charge < -0.3 is 15.7 Å². The number of para-hydroxylation sites is 1. The number of amides is 2. The maximum Gasteiger partial charge on any atom is 0.401 e. The van der Waals surface area contributed by atoms with Gasteiger partial charge in [-0.2, -0.15) is 13.2 Å². The number of nitrogens with one attached hydrogen (secondary N) is 2. The van der Waals surface area contributed by atoms with Gasteiger partial charge in [-0.1, -0.05) is 18.2 Å². The van der Waals surface area contributed by atoms with E-state index in [2.05, 4.69) is 5.32 Å². The van der Waals surface area contributed by atoms with Gasteiger partial charge in [0.2, 0.25) is 11.8 Å². The lowest BCUT2D eigenvalue weighted by atomic mass is 10.0. The van der Waals surface area contributed by atoms with E-state index in [-0.39, 0.29) is 5.69 Å². The largest absolute Gasteiger partial charge is 0.480 e. The average Bonchev–Trinajstić information content (AvgIpc) is 2.44. The highest BCUT2D eigenvalue weighted by atomic mass is 19.4. The molecule has 1 aromatic rings. The van der Waals surface area contributed by atoms with Crippen molar-refractivity contribution in [2.75, 3.05) is 5.32 Å². The van der Waals surface area contributed by atoms with Crippen molar-refractivity contribution in [3.05, 3.63) is 30.3 Å². The van der Waals surface area contributed by atoms with Crippen LogP contribution in [0.1, 0.15) is 13.3 Å². The highest BCUT2D eigenvalue weighted by molar-refractivity contribution is 5.96. The van der Waals surface area contributed by atoms with Crippen molar-refractivity contribution in [2.24, 2.45) is 5.92 Å². The minimum atomic E-state index is -4.94. The van der Waals surface area contributed by atoms with Gasteiger partial charge in [0.05, 0.1) is 0 Å². The molecule has 23 heavy (non-hydrogen) atoms. The van der Waals surface area contributed by atoms with Crippen LogP contribution >= 0.6 is 0 Å². The summed E-state index contributed by atoms with van der Waals surface area (Å²) in [7, 11) is 0. The van der Waals surface area contributed by atoms with Crippen LogP contribution in [0.15, 0.2) is 30.3 Å². The zero-order valence-electron chi connectivity index (χ0n) is 12.1. The number of carbonyl (C=O) groups excluding carboxylic acids is 2. The molecule has 0 aliphatic carbocycles. The van der Waals surface area contributed by atoms with Crippen LogP contribution in [-0.2, 0) is 14.4 Å². The number of rotatable bonds is 6. The second kappa shape index (κ2) is 7.61. The Morgan fingerprint density at radius 3 is 2.22 bits per heavy atom. The third-order valence-electron chi connectivity index (χ3n) is 2.89. The van der Waals surface area contributed by atoms with Gasteiger partial charge in [-0.15, -0.1) is 0 Å². The van der Waals surface area contributed by atoms with Crippen LogP contribution < -0.4 is 10.6 Å². The summed E-state index contributed by atoms with van der Waals surface area (Å²) in [5.41, 5.74) is 0.158. The number of benzene rings is 1. The van der Waals surface area contributed by atoms with Gasteiger partial charge in [0, 0.05) is 12.1 Å². The molecule has 0 radical (unpaired) electrons. The van der Waals surface area contributed by atoms with Crippen molar-refractivity contribution in [3.8, 4) is 0 Å². The molecule has 0 saturated heterocycles. The summed E-state index contributed by atoms with van der Waals surface area (Å²) in [6.07, 6.45) is -6.14. The highest BCUT2D eigenvalue weighted by Gasteiger charge is 2.46. The van der Waals surface area contributed by atoms with E-state index >= 15 is 0 Å². The van der Waals surface area contributed by atoms with E-state index < -0.39 is 42.3 Å². The van der Waals surface area contributed by atoms with Crippen molar-refractivity contribution in [1.82, 2.24) is 5.32 Å². The Balaban J connectivity index is 2.79. The normalized spacial score (nSPS) is 13.7. The van der Waals surface area contributed by atoms with Crippen LogP contribution in [0.25, 0.3) is 0 Å². The van der Waals surface area contributed by atoms with Gasteiger partial charge in [-0.25, -0.2) is 0 Å². The molecule has 0 saturated carbocycles. The monoisotopic (exact) mass is 332 g/mol. The Morgan fingerprint density at radius 1 is 1.17 bits per heavy atom. The number of anilines is 1. The van der Waals surface area contributed by atoms with Crippen molar-refractivity contribution in [3.63, 3.8) is 0 Å². The first-order valence-corrected chi connectivity index (χ1v) is 6.56. The van der Waals surface area contributed by atoms with E-state index in [0.717, 1.165) is 6.92 Å². The van der Waals surface area contributed by atoms with Crippen LogP contribution in [-0.4, -0.2) is 35.1 Å². The van der Waals surface area contributed by atoms with Crippen LogP contribution in [0.2, 0.25) is 0 Å². The number of hydrogen-bond donors (Lipinski definition) is 3. The Hall–Kier alpha value is -2.58. The maximum absolute atomic E-state index is 13.0. The molecule has 6 nitrogen and oxygen atoms in total. The van der Waals surface area contributed by atoms with E-state index in [4.69, 9.17) is 5.11 Å². The van der Waals surface area contributed by atoms with Gasteiger partial charge in [0.25, 0.3) is 0 Å². The second-order valence-corrected chi connectivity index (χ2v) is 4.78. The van der Waals surface area contributed by atoms with Gasteiger partial charge in [0.1, 0.15) is 12.0 Å². The molecule has 2 amide bonds. The molecule has 0 heterocycles. The van der Waals surface area contributed by atoms with Gasteiger partial charge in [-0.05, 0) is 19.1 Å². The van der Waals surface area contributed by atoms with Gasteiger partial charge in [-0.3, -0.25) is 14.4 Å². The van der Waals surface area contributed by atoms with Crippen LogP contribution in [0.5, 0.6) is 0 Å². The SMILES string of the molecule is C[C@H](NC(=O)CC(C(=O)Nc1ccccc1)C(F)(F)F)C(=O)O. The Morgan fingerprint density at radius 2 is 1.74 bits per heavy atom. The standard InChI is InChI=1S/C14H15F3N2O4/c1-8(13(22)23)18-11(20)7-10(14(15,16)17)12(21)19-9-5-3-2-4-6-9/h2-6,8,10H,7H2,1H3,(H,18,20)(H,19,21)(H,22,23)/t8-,10?/m0/s1. The minimum Gasteiger partial charge on any atom is -0.480 e. The molecule has 3 N–H and O–H groups in total. The summed E-state index contributed by atoms with van der Waals surface area (Å²) < 4.78 is 38.9. The lowest BCUT2D eigenvalue weighted by Gasteiger charge is -2.20. The van der Waals surface area contributed by atoms with Crippen molar-refractivity contribution in [1.29, 1.82) is 0 Å². The van der Waals surface area contributed by atoms with Crippen molar-refractivity contribution >= 4 is 23.5 Å². The predicted molar refractivity (Wildman–Crippen MR) is 74.5 cm³/mol. The van der Waals surface area contributed by atoms with Crippen molar-refractivity contribution < 1.29 is 32.7 Å². The molecular weight excluding hydrogens is 317 g/mol. The minimum absolute atomic E-state index is 0.158. The molecule has 0 spiro atoms. The van der Waals surface area contributed by atoms with E-state index in [0.29, 0.717) is 0 Å². The molecule has 1 rings (SSSR count). The number of aliphatic carboxylic acids is 1. The fraction of sp³-hybridized carbons (Fsp3) is 0.357. The van der Waals surface area contributed by atoms with Crippen LogP contribution in [0.3, 0.4) is 0 Å². The van der Waals surface area contributed by atoms with Gasteiger partial charge in [0.15, 0.2) is 0 Å². The average molecular weight is 332 g/mol. The summed E-state index contributed by atoms with van der Waals surface area (Å²) in [6.45, 7) is 1.10. The zero-order chi connectivity index (χ0) is 17.6. The number of alkyl halides is 3. The molecule has 126 valence electrons. The maximum atomic E-state index is 13.0. The third-order valence-corrected chi connectivity index (χ3v) is 2.89. The highest BCUT2D eigenvalue weighted by Crippen LogP contribution is 2.30. The topological polar surface area (TPSA) is 95.5 Å². The number of hydrogen-bond acceptors (Lipinski definition) is 3. The summed E-state index contributed by atoms with van der Waals surface area (Å²) in [4.78, 5) is 33.9. The summed E-state index contributed by atoms with van der Waals surface area (Å²) in [5.74, 6) is -6.54. The fourth-order valence-electron chi connectivity index (χ4n) is 1.66. The molecule has 0 aromatic heterocycles. The smallest absolute Gasteiger partial charge is 0.401 e. The second-order valence-electron chi connectivity index (χ2n) is 4.78. The molecule has 1 unspecified atom stereocenters. The van der Waals surface area contributed by atoms with E-state index in [1.54, 1.807) is 6.07 Å². The summed E-state index contributed by atoms with van der Waals surface area (Å²) in [5, 5.41) is 12.6. The number of carboxylic acids is 1. The molecule has 0 fully saturated rings. The fourth-order valence-corrected chi connectivity index (χ4v) is 1.66. The Bertz CT molecular complexity index is 575. The molecule has 9 heteroatoms. The number of carboxylic acid groups (broad SMARTS) is 1. The van der Waals surface area contributed by atoms with Crippen LogP contribution in [0, 0.1) is 5.92 Å². The molecular formula is C14H15F3N2O4. The molecule has 0 aliphatic rings. The summed E-state index contributed by atoms with van der Waals surface area (Å²) in [6, 6.07) is 6.13. The van der Waals surface area contributed by atoms with Gasteiger partial charge >= 0.3 is 12.1 Å². The molecule has 0 aliphatic heterocycles. The lowest BCUT2D eigenvalue weighted by molar-refractivity contribution is -0.183. The third kappa shape index (κ3) is 5.97. The first-order chi connectivity index (χ1) is 10.6. The molecule has 1 aromatic carbocycles. The molecule has 2 atom stereocenters. The van der Waals surface area contributed by atoms with E-state index in [1.807, 2.05) is 5.32 Å². The quantitative estimate of drug-likeness (QED) is 0.740. The molecule has 0 bridgehead atoms. The van der Waals surface area contributed by atoms with Crippen LogP contribution in [0.4, 0.5) is 18.9 Å². The first-order valence-electron chi connectivity index (χ1n) is 6.56. The number of carbonyl (C=O) groups is 3. The van der Waals surface area contributed by atoms with Crippen molar-refractivity contribution in [2.45, 2.75) is 25.6 Å². The zero-order valence-corrected chi connectivity index (χ0v) is 12.1. The van der Waals surface area contributed by atoms with E-state index in [9.17, 15) is 27.6 Å². The predicted octanol–water partition coefficient (Wildman–Crippen LogP) is 1.78.